The van der Waals surface area contributed by atoms with E-state index < -0.39 is 0 Å². The van der Waals surface area contributed by atoms with E-state index in [1.165, 1.54) is 5.56 Å². The molecule has 1 fully saturated rings. The zero-order valence-electron chi connectivity index (χ0n) is 18.1. The van der Waals surface area contributed by atoms with E-state index in [2.05, 4.69) is 27.2 Å². The lowest BCUT2D eigenvalue weighted by Crippen LogP contribution is -2.49. The third-order valence-corrected chi connectivity index (χ3v) is 5.61. The molecule has 1 saturated heterocycles. The van der Waals surface area contributed by atoms with Crippen molar-refractivity contribution in [2.24, 2.45) is 0 Å². The standard InChI is InChI=1S/C23H29N3O5/c1-28-19-5-3-17(11-21(19)29-2)13-24-23(27)15-26-9-7-25(8-10-26)14-18-4-6-20-22(12-18)31-16-30-20/h3-6,11-12H,7-10,13-16H2,1-2H3,(H,24,27). The summed E-state index contributed by atoms with van der Waals surface area (Å²) >= 11 is 0. The van der Waals surface area contributed by atoms with E-state index in [0.717, 1.165) is 49.8 Å². The van der Waals surface area contributed by atoms with Crippen LogP contribution in [0.3, 0.4) is 0 Å². The number of nitrogens with one attached hydrogen (secondary N) is 1. The smallest absolute Gasteiger partial charge is 0.234 e. The lowest BCUT2D eigenvalue weighted by Gasteiger charge is -2.34. The Kier molecular flexibility index (Phi) is 6.79. The lowest BCUT2D eigenvalue weighted by molar-refractivity contribution is -0.122. The molecule has 8 nitrogen and oxygen atoms in total. The first-order valence-corrected chi connectivity index (χ1v) is 10.5. The molecule has 0 aromatic heterocycles. The number of benzene rings is 2. The molecule has 2 aliphatic rings. The molecule has 0 radical (unpaired) electrons. The highest BCUT2D eigenvalue weighted by Gasteiger charge is 2.20. The third kappa shape index (κ3) is 5.39. The van der Waals surface area contributed by atoms with Gasteiger partial charge in [0.1, 0.15) is 0 Å². The summed E-state index contributed by atoms with van der Waals surface area (Å²) in [6.45, 7) is 5.63. The second-order valence-corrected chi connectivity index (χ2v) is 7.71. The molecule has 2 aliphatic heterocycles. The maximum atomic E-state index is 12.4. The second kappa shape index (κ2) is 9.89. The Balaban J connectivity index is 1.19. The highest BCUT2D eigenvalue weighted by Crippen LogP contribution is 2.33. The van der Waals surface area contributed by atoms with Crippen LogP contribution >= 0.6 is 0 Å². The number of fused-ring (bicyclic) bond motifs is 1. The molecular formula is C23H29N3O5. The minimum Gasteiger partial charge on any atom is -0.493 e. The van der Waals surface area contributed by atoms with Gasteiger partial charge in [0.05, 0.1) is 20.8 Å². The number of carbonyl (C=O) groups is 1. The van der Waals surface area contributed by atoms with E-state index in [1.807, 2.05) is 24.3 Å². The predicted octanol–water partition coefficient (Wildman–Crippen LogP) is 1.87. The van der Waals surface area contributed by atoms with Crippen molar-refractivity contribution in [3.05, 3.63) is 47.5 Å². The van der Waals surface area contributed by atoms with E-state index in [4.69, 9.17) is 18.9 Å². The highest BCUT2D eigenvalue weighted by atomic mass is 16.7. The third-order valence-electron chi connectivity index (χ3n) is 5.61. The Morgan fingerprint density at radius 2 is 1.61 bits per heavy atom. The van der Waals surface area contributed by atoms with Gasteiger partial charge in [0, 0.05) is 39.3 Å². The Bertz CT molecular complexity index is 912. The number of carbonyl (C=O) groups excluding carboxylic acids is 1. The molecule has 0 saturated carbocycles. The van der Waals surface area contributed by atoms with Crippen LogP contribution in [0.15, 0.2) is 36.4 Å². The number of piperazine rings is 1. The van der Waals surface area contributed by atoms with Gasteiger partial charge in [-0.05, 0) is 35.4 Å². The fourth-order valence-corrected chi connectivity index (χ4v) is 3.85. The predicted molar refractivity (Wildman–Crippen MR) is 116 cm³/mol. The summed E-state index contributed by atoms with van der Waals surface area (Å²) in [5, 5.41) is 2.99. The number of nitrogens with zero attached hydrogens (tertiary/aromatic N) is 2. The van der Waals surface area contributed by atoms with E-state index in [1.54, 1.807) is 14.2 Å². The molecule has 2 heterocycles. The van der Waals surface area contributed by atoms with Gasteiger partial charge in [0.2, 0.25) is 12.7 Å². The fourth-order valence-electron chi connectivity index (χ4n) is 3.85. The zero-order valence-corrected chi connectivity index (χ0v) is 18.1. The van der Waals surface area contributed by atoms with Crippen molar-refractivity contribution < 1.29 is 23.7 Å². The number of hydrogen-bond acceptors (Lipinski definition) is 7. The Hall–Kier alpha value is -2.97. The van der Waals surface area contributed by atoms with Crippen LogP contribution < -0.4 is 24.3 Å². The van der Waals surface area contributed by atoms with Gasteiger partial charge < -0.3 is 24.3 Å². The minimum absolute atomic E-state index is 0.0269. The molecule has 0 unspecified atom stereocenters. The van der Waals surface area contributed by atoms with Crippen molar-refractivity contribution >= 4 is 5.91 Å². The molecule has 2 aromatic rings. The first-order chi connectivity index (χ1) is 15.1. The average Bonchev–Trinajstić information content (AvgIpc) is 3.26. The first-order valence-electron chi connectivity index (χ1n) is 10.5. The maximum Gasteiger partial charge on any atom is 0.234 e. The molecule has 0 spiro atoms. The van der Waals surface area contributed by atoms with E-state index in [-0.39, 0.29) is 5.91 Å². The van der Waals surface area contributed by atoms with Crippen LogP contribution in [-0.4, -0.2) is 69.4 Å². The lowest BCUT2D eigenvalue weighted by atomic mass is 10.1. The van der Waals surface area contributed by atoms with Crippen LogP contribution in [0.5, 0.6) is 23.0 Å². The van der Waals surface area contributed by atoms with Crippen molar-refractivity contribution in [3.8, 4) is 23.0 Å². The first kappa shape index (κ1) is 21.3. The number of hydrogen-bond donors (Lipinski definition) is 1. The van der Waals surface area contributed by atoms with Crippen LogP contribution in [0.2, 0.25) is 0 Å². The Morgan fingerprint density at radius 1 is 0.903 bits per heavy atom. The summed E-state index contributed by atoms with van der Waals surface area (Å²) in [7, 11) is 3.21. The quantitative estimate of drug-likeness (QED) is 0.690. The van der Waals surface area contributed by atoms with Gasteiger partial charge in [-0.25, -0.2) is 0 Å². The SMILES string of the molecule is COc1ccc(CNC(=O)CN2CCN(Cc3ccc4c(c3)OCO4)CC2)cc1OC. The summed E-state index contributed by atoms with van der Waals surface area (Å²) in [4.78, 5) is 17.0. The summed E-state index contributed by atoms with van der Waals surface area (Å²) in [5.41, 5.74) is 2.19. The van der Waals surface area contributed by atoms with Crippen LogP contribution in [0.4, 0.5) is 0 Å². The fraction of sp³-hybridized carbons (Fsp3) is 0.435. The number of amides is 1. The number of methoxy groups -OCH3 is 2. The molecule has 1 amide bonds. The molecule has 0 atom stereocenters. The maximum absolute atomic E-state index is 12.4. The van der Waals surface area contributed by atoms with Gasteiger partial charge in [-0.1, -0.05) is 12.1 Å². The highest BCUT2D eigenvalue weighted by molar-refractivity contribution is 5.78. The van der Waals surface area contributed by atoms with E-state index in [9.17, 15) is 4.79 Å². The zero-order chi connectivity index (χ0) is 21.6. The summed E-state index contributed by atoms with van der Waals surface area (Å²) in [5.74, 6) is 3.00. The van der Waals surface area contributed by atoms with Gasteiger partial charge >= 0.3 is 0 Å². The largest absolute Gasteiger partial charge is 0.493 e. The summed E-state index contributed by atoms with van der Waals surface area (Å²) < 4.78 is 21.4. The molecule has 4 rings (SSSR count). The van der Waals surface area contributed by atoms with Gasteiger partial charge in [-0.15, -0.1) is 0 Å². The average molecular weight is 428 g/mol. The van der Waals surface area contributed by atoms with Crippen LogP contribution in [0.25, 0.3) is 0 Å². The van der Waals surface area contributed by atoms with Gasteiger partial charge in [-0.2, -0.15) is 0 Å². The normalized spacial score (nSPS) is 16.2. The topological polar surface area (TPSA) is 72.5 Å². The summed E-state index contributed by atoms with van der Waals surface area (Å²) in [6, 6.07) is 11.8. The van der Waals surface area contributed by atoms with Crippen molar-refractivity contribution in [1.82, 2.24) is 15.1 Å². The molecular weight excluding hydrogens is 398 g/mol. The molecule has 0 bridgehead atoms. The second-order valence-electron chi connectivity index (χ2n) is 7.71. The molecule has 2 aromatic carbocycles. The van der Waals surface area contributed by atoms with Crippen LogP contribution in [0, 0.1) is 0 Å². The molecule has 31 heavy (non-hydrogen) atoms. The molecule has 1 N–H and O–H groups in total. The monoisotopic (exact) mass is 427 g/mol. The van der Waals surface area contributed by atoms with Gasteiger partial charge in [-0.3, -0.25) is 14.6 Å². The van der Waals surface area contributed by atoms with Crippen LogP contribution in [-0.2, 0) is 17.9 Å². The number of rotatable bonds is 8. The Morgan fingerprint density at radius 3 is 2.39 bits per heavy atom. The molecule has 166 valence electrons. The molecule has 8 heteroatoms. The number of ether oxygens (including phenoxy) is 4. The minimum atomic E-state index is 0.0269. The van der Waals surface area contributed by atoms with Gasteiger partial charge in [0.15, 0.2) is 23.0 Å². The van der Waals surface area contributed by atoms with Crippen molar-refractivity contribution in [3.63, 3.8) is 0 Å². The van der Waals surface area contributed by atoms with E-state index >= 15 is 0 Å². The summed E-state index contributed by atoms with van der Waals surface area (Å²) in [6.07, 6.45) is 0. The van der Waals surface area contributed by atoms with Gasteiger partial charge in [0.25, 0.3) is 0 Å². The van der Waals surface area contributed by atoms with Crippen LogP contribution in [0.1, 0.15) is 11.1 Å². The molecule has 0 aliphatic carbocycles. The van der Waals surface area contributed by atoms with E-state index in [0.29, 0.717) is 31.4 Å². The van der Waals surface area contributed by atoms with Crippen molar-refractivity contribution in [2.45, 2.75) is 13.1 Å². The van der Waals surface area contributed by atoms with Crippen molar-refractivity contribution in [2.75, 3.05) is 53.7 Å². The van der Waals surface area contributed by atoms with Crippen molar-refractivity contribution in [1.29, 1.82) is 0 Å². The Labute approximate surface area is 182 Å².